The molecule has 0 saturated heterocycles. The number of carbonyl (C=O) groups excluding carboxylic acids is 3. The summed E-state index contributed by atoms with van der Waals surface area (Å²) in [6.07, 6.45) is 49.8. The lowest BCUT2D eigenvalue weighted by Gasteiger charge is -2.18. The molecule has 0 saturated carbocycles. The second-order valence-corrected chi connectivity index (χ2v) is 14.9. The first-order valence-corrected chi connectivity index (χ1v) is 22.6. The molecule has 0 aromatic carbocycles. The van der Waals surface area contributed by atoms with Gasteiger partial charge in [-0.2, -0.15) is 0 Å². The van der Waals surface area contributed by atoms with Crippen LogP contribution in [-0.4, -0.2) is 37.2 Å². The van der Waals surface area contributed by atoms with Crippen LogP contribution < -0.4 is 0 Å². The molecule has 0 N–H and O–H groups in total. The van der Waals surface area contributed by atoms with E-state index in [2.05, 4.69) is 69.4 Å². The van der Waals surface area contributed by atoms with Crippen molar-refractivity contribution in [1.82, 2.24) is 0 Å². The minimum atomic E-state index is -0.770. The van der Waals surface area contributed by atoms with E-state index in [9.17, 15) is 14.4 Å². The number of hydrogen-bond donors (Lipinski definition) is 0. The fraction of sp³-hybridized carbons (Fsp3) is 0.771. The fourth-order valence-corrected chi connectivity index (χ4v) is 6.20. The van der Waals surface area contributed by atoms with E-state index in [-0.39, 0.29) is 31.1 Å². The monoisotopic (exact) mass is 757 g/mol. The van der Waals surface area contributed by atoms with Gasteiger partial charge in [0.2, 0.25) is 0 Å². The van der Waals surface area contributed by atoms with Gasteiger partial charge in [0.15, 0.2) is 6.10 Å². The summed E-state index contributed by atoms with van der Waals surface area (Å²) in [6, 6.07) is 0. The Morgan fingerprint density at radius 2 is 0.722 bits per heavy atom. The number of carbonyl (C=O) groups is 3. The quantitative estimate of drug-likeness (QED) is 0.0268. The van der Waals surface area contributed by atoms with E-state index in [0.717, 1.165) is 96.3 Å². The van der Waals surface area contributed by atoms with Crippen molar-refractivity contribution in [3.05, 3.63) is 48.6 Å². The molecule has 54 heavy (non-hydrogen) atoms. The number of rotatable bonds is 40. The van der Waals surface area contributed by atoms with Gasteiger partial charge in [-0.3, -0.25) is 14.4 Å². The Morgan fingerprint density at radius 1 is 0.389 bits per heavy atom. The zero-order valence-corrected chi connectivity index (χ0v) is 35.5. The van der Waals surface area contributed by atoms with Gasteiger partial charge in [-0.25, -0.2) is 0 Å². The molecular weight excluding hydrogens is 673 g/mol. The number of hydrogen-bond acceptors (Lipinski definition) is 6. The molecule has 0 aromatic rings. The lowest BCUT2D eigenvalue weighted by Crippen LogP contribution is -2.30. The van der Waals surface area contributed by atoms with Crippen molar-refractivity contribution in [2.45, 2.75) is 226 Å². The van der Waals surface area contributed by atoms with Crippen molar-refractivity contribution in [2.75, 3.05) is 13.2 Å². The van der Waals surface area contributed by atoms with Crippen LogP contribution in [0.1, 0.15) is 220 Å². The summed E-state index contributed by atoms with van der Waals surface area (Å²) >= 11 is 0. The molecule has 0 aliphatic heterocycles. The molecule has 312 valence electrons. The van der Waals surface area contributed by atoms with Crippen LogP contribution in [0.4, 0.5) is 0 Å². The zero-order chi connectivity index (χ0) is 39.4. The fourth-order valence-electron chi connectivity index (χ4n) is 6.20. The summed E-state index contributed by atoms with van der Waals surface area (Å²) in [5.74, 6) is -0.905. The van der Waals surface area contributed by atoms with Gasteiger partial charge in [0.25, 0.3) is 0 Å². The molecule has 0 heterocycles. The van der Waals surface area contributed by atoms with Crippen molar-refractivity contribution in [1.29, 1.82) is 0 Å². The Labute approximate surface area is 333 Å². The van der Waals surface area contributed by atoms with Crippen molar-refractivity contribution in [2.24, 2.45) is 0 Å². The van der Waals surface area contributed by atoms with Crippen LogP contribution in [0.2, 0.25) is 0 Å². The van der Waals surface area contributed by atoms with E-state index in [1.165, 1.54) is 83.5 Å². The van der Waals surface area contributed by atoms with Crippen LogP contribution in [0, 0.1) is 0 Å². The molecule has 1 unspecified atom stereocenters. The maximum atomic E-state index is 12.6. The lowest BCUT2D eigenvalue weighted by atomic mass is 10.0. The molecule has 0 rings (SSSR count). The zero-order valence-electron chi connectivity index (χ0n) is 35.5. The second-order valence-electron chi connectivity index (χ2n) is 14.9. The molecule has 0 bridgehead atoms. The van der Waals surface area contributed by atoms with E-state index in [0.29, 0.717) is 19.3 Å². The highest BCUT2D eigenvalue weighted by molar-refractivity contribution is 5.71. The van der Waals surface area contributed by atoms with Crippen LogP contribution in [0.3, 0.4) is 0 Å². The first-order valence-electron chi connectivity index (χ1n) is 22.6. The summed E-state index contributed by atoms with van der Waals surface area (Å²) < 4.78 is 16.6. The Balaban J connectivity index is 4.22. The maximum Gasteiger partial charge on any atom is 0.306 e. The Bertz CT molecular complexity index is 964. The third-order valence-corrected chi connectivity index (χ3v) is 9.60. The van der Waals surface area contributed by atoms with Gasteiger partial charge in [0.1, 0.15) is 13.2 Å². The topological polar surface area (TPSA) is 78.9 Å². The molecule has 0 aliphatic rings. The van der Waals surface area contributed by atoms with Crippen LogP contribution >= 0.6 is 0 Å². The Morgan fingerprint density at radius 3 is 1.13 bits per heavy atom. The van der Waals surface area contributed by atoms with Gasteiger partial charge < -0.3 is 14.2 Å². The van der Waals surface area contributed by atoms with Gasteiger partial charge >= 0.3 is 17.9 Å². The van der Waals surface area contributed by atoms with Crippen LogP contribution in [0.15, 0.2) is 48.6 Å². The van der Waals surface area contributed by atoms with Crippen LogP contribution in [0.25, 0.3) is 0 Å². The van der Waals surface area contributed by atoms with Crippen molar-refractivity contribution in [3.63, 3.8) is 0 Å². The summed E-state index contributed by atoms with van der Waals surface area (Å²) in [5, 5.41) is 0. The van der Waals surface area contributed by atoms with Gasteiger partial charge in [0.05, 0.1) is 0 Å². The standard InChI is InChI=1S/C48H84O6/c1-4-7-10-13-15-17-19-21-22-23-24-25-26-27-29-30-32-35-38-41-47(50)53-44-45(43-52-46(49)40-37-34-12-9-6-3)54-48(51)42-39-36-33-31-28-20-18-16-14-11-8-5-2/h7,10,15,17,21-22,24-25,45H,4-6,8-9,11-14,16,18-20,23,26-44H2,1-3H3/b10-7-,17-15-,22-21-,25-24-. The maximum absolute atomic E-state index is 12.6. The summed E-state index contributed by atoms with van der Waals surface area (Å²) in [6.45, 7) is 6.42. The molecule has 0 spiro atoms. The summed E-state index contributed by atoms with van der Waals surface area (Å²) in [4.78, 5) is 37.5. The highest BCUT2D eigenvalue weighted by Crippen LogP contribution is 2.14. The number of esters is 3. The molecule has 0 aliphatic carbocycles. The average Bonchev–Trinajstić information content (AvgIpc) is 3.17. The van der Waals surface area contributed by atoms with Crippen LogP contribution in [-0.2, 0) is 28.6 Å². The third kappa shape index (κ3) is 40.6. The predicted molar refractivity (Wildman–Crippen MR) is 229 cm³/mol. The SMILES string of the molecule is CC/C=C\C/C=C\C/C=C\C/C=C\CCCCCCCCC(=O)OCC(COC(=O)CCCCCCC)OC(=O)CCCCCCCCCCCCCC. The lowest BCUT2D eigenvalue weighted by molar-refractivity contribution is -0.167. The van der Waals surface area contributed by atoms with E-state index >= 15 is 0 Å². The molecule has 0 aromatic heterocycles. The summed E-state index contributed by atoms with van der Waals surface area (Å²) in [5.41, 5.74) is 0. The molecule has 0 amide bonds. The minimum Gasteiger partial charge on any atom is -0.462 e. The van der Waals surface area contributed by atoms with Gasteiger partial charge in [-0.05, 0) is 57.8 Å². The number of unbranched alkanes of at least 4 members (excludes halogenated alkanes) is 21. The average molecular weight is 757 g/mol. The first kappa shape index (κ1) is 51.4. The highest BCUT2D eigenvalue weighted by atomic mass is 16.6. The molecular formula is C48H84O6. The smallest absolute Gasteiger partial charge is 0.306 e. The van der Waals surface area contributed by atoms with E-state index < -0.39 is 6.10 Å². The summed E-state index contributed by atoms with van der Waals surface area (Å²) in [7, 11) is 0. The van der Waals surface area contributed by atoms with Gasteiger partial charge in [0, 0.05) is 19.3 Å². The molecule has 0 radical (unpaired) electrons. The normalized spacial score (nSPS) is 12.4. The minimum absolute atomic E-state index is 0.0772. The van der Waals surface area contributed by atoms with Crippen molar-refractivity contribution < 1.29 is 28.6 Å². The molecule has 0 fully saturated rings. The van der Waals surface area contributed by atoms with E-state index in [1.807, 2.05) is 0 Å². The Hall–Kier alpha value is -2.63. The predicted octanol–water partition coefficient (Wildman–Crippen LogP) is 14.4. The molecule has 6 nitrogen and oxygen atoms in total. The second kappa shape index (κ2) is 43.1. The Kier molecular flexibility index (Phi) is 41.0. The van der Waals surface area contributed by atoms with Crippen molar-refractivity contribution >= 4 is 17.9 Å². The van der Waals surface area contributed by atoms with Gasteiger partial charge in [-0.1, -0.05) is 191 Å². The largest absolute Gasteiger partial charge is 0.462 e. The van der Waals surface area contributed by atoms with Crippen molar-refractivity contribution in [3.8, 4) is 0 Å². The van der Waals surface area contributed by atoms with Gasteiger partial charge in [-0.15, -0.1) is 0 Å². The van der Waals surface area contributed by atoms with E-state index in [1.54, 1.807) is 0 Å². The number of allylic oxidation sites excluding steroid dienone is 8. The molecule has 6 heteroatoms. The third-order valence-electron chi connectivity index (χ3n) is 9.60. The number of ether oxygens (including phenoxy) is 3. The molecule has 1 atom stereocenters. The highest BCUT2D eigenvalue weighted by Gasteiger charge is 2.19. The van der Waals surface area contributed by atoms with E-state index in [4.69, 9.17) is 14.2 Å². The van der Waals surface area contributed by atoms with Crippen LogP contribution in [0.5, 0.6) is 0 Å². The first-order chi connectivity index (χ1) is 26.5.